The number of carbonyl (C=O) groups excluding carboxylic acids is 2. The molecule has 2 aromatic rings. The van der Waals surface area contributed by atoms with E-state index in [2.05, 4.69) is 0 Å². The lowest BCUT2D eigenvalue weighted by Crippen LogP contribution is -2.28. The predicted molar refractivity (Wildman–Crippen MR) is 92.2 cm³/mol. The number of aliphatic hydroxyl groups is 1. The standard InChI is InChI=1S/C19H18ClNO3/c1-21(18(23)14-6-3-2-5-13(14)12-22)11-15-16(19(24)9-10-19)7-4-8-17(15)20/h2-8,12,24H,9-11H2,1H3. The fourth-order valence-corrected chi connectivity index (χ4v) is 3.09. The fraction of sp³-hybridized carbons (Fsp3) is 0.263. The highest BCUT2D eigenvalue weighted by atomic mass is 35.5. The normalized spacial score (nSPS) is 15.0. The van der Waals surface area contributed by atoms with E-state index in [4.69, 9.17) is 11.6 Å². The van der Waals surface area contributed by atoms with Crippen LogP contribution in [0.1, 0.15) is 44.7 Å². The molecule has 24 heavy (non-hydrogen) atoms. The van der Waals surface area contributed by atoms with Crippen LogP contribution in [-0.2, 0) is 12.1 Å². The van der Waals surface area contributed by atoms with Gasteiger partial charge in [-0.3, -0.25) is 9.59 Å². The minimum atomic E-state index is -0.829. The van der Waals surface area contributed by atoms with Crippen molar-refractivity contribution < 1.29 is 14.7 Å². The molecular formula is C19H18ClNO3. The Kier molecular flexibility index (Phi) is 4.43. The summed E-state index contributed by atoms with van der Waals surface area (Å²) in [5.74, 6) is -0.258. The number of benzene rings is 2. The van der Waals surface area contributed by atoms with Gasteiger partial charge in [0.15, 0.2) is 6.29 Å². The molecule has 5 heteroatoms. The summed E-state index contributed by atoms with van der Waals surface area (Å²) in [4.78, 5) is 25.3. The SMILES string of the molecule is CN(Cc1c(Cl)cccc1C1(O)CC1)C(=O)c1ccccc1C=O. The van der Waals surface area contributed by atoms with Crippen LogP contribution in [0.3, 0.4) is 0 Å². The molecule has 3 rings (SSSR count). The summed E-state index contributed by atoms with van der Waals surface area (Å²) in [5.41, 5.74) is 1.41. The third kappa shape index (κ3) is 3.07. The maximum absolute atomic E-state index is 12.7. The second-order valence-electron chi connectivity index (χ2n) is 6.16. The second kappa shape index (κ2) is 6.38. The van der Waals surface area contributed by atoms with Crippen molar-refractivity contribution in [1.29, 1.82) is 0 Å². The highest BCUT2D eigenvalue weighted by Crippen LogP contribution is 2.47. The smallest absolute Gasteiger partial charge is 0.254 e. The van der Waals surface area contributed by atoms with Crippen LogP contribution in [0.15, 0.2) is 42.5 Å². The highest BCUT2D eigenvalue weighted by Gasteiger charge is 2.44. The molecule has 0 bridgehead atoms. The van der Waals surface area contributed by atoms with E-state index in [-0.39, 0.29) is 12.5 Å². The first-order valence-corrected chi connectivity index (χ1v) is 8.14. The lowest BCUT2D eigenvalue weighted by atomic mass is 9.99. The molecule has 124 valence electrons. The summed E-state index contributed by atoms with van der Waals surface area (Å²) >= 11 is 6.31. The number of nitrogens with zero attached hydrogens (tertiary/aromatic N) is 1. The van der Waals surface area contributed by atoms with E-state index < -0.39 is 5.60 Å². The molecule has 0 aromatic heterocycles. The molecule has 1 N–H and O–H groups in total. The van der Waals surface area contributed by atoms with Crippen molar-refractivity contribution in [3.8, 4) is 0 Å². The Labute approximate surface area is 145 Å². The van der Waals surface area contributed by atoms with Gasteiger partial charge in [-0.25, -0.2) is 0 Å². The molecule has 0 aliphatic heterocycles. The molecule has 1 saturated carbocycles. The minimum Gasteiger partial charge on any atom is -0.385 e. The summed E-state index contributed by atoms with van der Waals surface area (Å²) in [7, 11) is 1.66. The van der Waals surface area contributed by atoms with E-state index in [1.165, 1.54) is 4.90 Å². The Bertz CT molecular complexity index is 799. The van der Waals surface area contributed by atoms with Crippen molar-refractivity contribution in [3.63, 3.8) is 0 Å². The van der Waals surface area contributed by atoms with E-state index in [0.717, 1.165) is 11.1 Å². The fourth-order valence-electron chi connectivity index (χ4n) is 2.85. The van der Waals surface area contributed by atoms with Crippen LogP contribution in [0.5, 0.6) is 0 Å². The Morgan fingerprint density at radius 2 is 1.96 bits per heavy atom. The Hall–Kier alpha value is -2.17. The zero-order chi connectivity index (χ0) is 17.3. The topological polar surface area (TPSA) is 57.6 Å². The summed E-state index contributed by atoms with van der Waals surface area (Å²) in [6.07, 6.45) is 2.08. The Morgan fingerprint density at radius 1 is 1.25 bits per heavy atom. The van der Waals surface area contributed by atoms with Gasteiger partial charge in [-0.05, 0) is 36.1 Å². The van der Waals surface area contributed by atoms with Gasteiger partial charge in [-0.2, -0.15) is 0 Å². The maximum Gasteiger partial charge on any atom is 0.254 e. The van der Waals surface area contributed by atoms with Gasteiger partial charge in [0.05, 0.1) is 11.2 Å². The van der Waals surface area contributed by atoms with Crippen molar-refractivity contribution in [2.45, 2.75) is 25.0 Å². The predicted octanol–water partition coefficient (Wildman–Crippen LogP) is 3.41. The number of hydrogen-bond donors (Lipinski definition) is 1. The number of carbonyl (C=O) groups is 2. The number of hydrogen-bond acceptors (Lipinski definition) is 3. The molecule has 0 unspecified atom stereocenters. The first-order chi connectivity index (χ1) is 11.5. The van der Waals surface area contributed by atoms with E-state index in [0.29, 0.717) is 35.3 Å². The molecule has 0 saturated heterocycles. The van der Waals surface area contributed by atoms with Gasteiger partial charge in [-0.15, -0.1) is 0 Å². The summed E-state index contributed by atoms with van der Waals surface area (Å²) in [5, 5.41) is 11.0. The van der Waals surface area contributed by atoms with Crippen LogP contribution in [-0.4, -0.2) is 29.2 Å². The molecule has 0 radical (unpaired) electrons. The number of halogens is 1. The monoisotopic (exact) mass is 343 g/mol. The van der Waals surface area contributed by atoms with Gasteiger partial charge in [-0.1, -0.05) is 41.9 Å². The maximum atomic E-state index is 12.7. The third-order valence-electron chi connectivity index (χ3n) is 4.40. The zero-order valence-electron chi connectivity index (χ0n) is 13.3. The first kappa shape index (κ1) is 16.7. The van der Waals surface area contributed by atoms with Crippen LogP contribution in [0, 0.1) is 0 Å². The Balaban J connectivity index is 1.89. The molecule has 1 aliphatic carbocycles. The summed E-state index contributed by atoms with van der Waals surface area (Å²) in [6.45, 7) is 0.267. The van der Waals surface area contributed by atoms with Crippen molar-refractivity contribution in [2.75, 3.05) is 7.05 Å². The Morgan fingerprint density at radius 3 is 2.62 bits per heavy atom. The second-order valence-corrected chi connectivity index (χ2v) is 6.57. The van der Waals surface area contributed by atoms with Crippen molar-refractivity contribution >= 4 is 23.8 Å². The summed E-state index contributed by atoms with van der Waals surface area (Å²) in [6, 6.07) is 12.1. The van der Waals surface area contributed by atoms with Gasteiger partial charge in [0.1, 0.15) is 0 Å². The van der Waals surface area contributed by atoms with Gasteiger partial charge >= 0.3 is 0 Å². The molecule has 2 aromatic carbocycles. The van der Waals surface area contributed by atoms with E-state index in [1.54, 1.807) is 43.4 Å². The average Bonchev–Trinajstić information content (AvgIpc) is 3.34. The van der Waals surface area contributed by atoms with Gasteiger partial charge in [0.2, 0.25) is 0 Å². The lowest BCUT2D eigenvalue weighted by molar-refractivity contribution is 0.0778. The van der Waals surface area contributed by atoms with Gasteiger partial charge in [0.25, 0.3) is 5.91 Å². The van der Waals surface area contributed by atoms with Crippen molar-refractivity contribution in [2.24, 2.45) is 0 Å². The molecule has 0 spiro atoms. The van der Waals surface area contributed by atoms with Crippen molar-refractivity contribution in [3.05, 3.63) is 69.7 Å². The van der Waals surface area contributed by atoms with Crippen molar-refractivity contribution in [1.82, 2.24) is 4.90 Å². The molecule has 1 amide bonds. The quantitative estimate of drug-likeness (QED) is 0.846. The van der Waals surface area contributed by atoms with Crippen LogP contribution < -0.4 is 0 Å². The van der Waals surface area contributed by atoms with E-state index in [9.17, 15) is 14.7 Å². The molecule has 1 aliphatic rings. The minimum absolute atomic E-state index is 0.258. The van der Waals surface area contributed by atoms with Crippen LogP contribution in [0.25, 0.3) is 0 Å². The highest BCUT2D eigenvalue weighted by molar-refractivity contribution is 6.31. The largest absolute Gasteiger partial charge is 0.385 e. The van der Waals surface area contributed by atoms with Gasteiger partial charge in [0, 0.05) is 24.2 Å². The van der Waals surface area contributed by atoms with E-state index in [1.807, 2.05) is 6.07 Å². The van der Waals surface area contributed by atoms with Crippen LogP contribution in [0.4, 0.5) is 0 Å². The molecule has 4 nitrogen and oxygen atoms in total. The molecule has 0 heterocycles. The number of amides is 1. The first-order valence-electron chi connectivity index (χ1n) is 7.76. The van der Waals surface area contributed by atoms with Gasteiger partial charge < -0.3 is 10.0 Å². The summed E-state index contributed by atoms with van der Waals surface area (Å²) < 4.78 is 0. The van der Waals surface area contributed by atoms with Crippen LogP contribution in [0.2, 0.25) is 5.02 Å². The molecule has 1 fully saturated rings. The van der Waals surface area contributed by atoms with Crippen LogP contribution >= 0.6 is 11.6 Å². The zero-order valence-corrected chi connectivity index (χ0v) is 14.1. The average molecular weight is 344 g/mol. The molecule has 0 atom stereocenters. The lowest BCUT2D eigenvalue weighted by Gasteiger charge is -2.22. The third-order valence-corrected chi connectivity index (χ3v) is 4.76. The van der Waals surface area contributed by atoms with E-state index >= 15 is 0 Å². The number of aldehydes is 1. The molecular weight excluding hydrogens is 326 g/mol. The number of rotatable bonds is 5.